The summed E-state index contributed by atoms with van der Waals surface area (Å²) in [6, 6.07) is 6.25. The van der Waals surface area contributed by atoms with Crippen molar-refractivity contribution in [1.82, 2.24) is 10.6 Å². The first-order valence-electron chi connectivity index (χ1n) is 7.19. The number of hydrogen-bond acceptors (Lipinski definition) is 5. The third kappa shape index (κ3) is 8.59. The molecule has 24 heavy (non-hydrogen) atoms. The first-order chi connectivity index (χ1) is 11.6. The van der Waals surface area contributed by atoms with Gasteiger partial charge in [0.1, 0.15) is 0 Å². The minimum atomic E-state index is -1.09. The van der Waals surface area contributed by atoms with Gasteiger partial charge in [-0.25, -0.2) is 4.79 Å². The van der Waals surface area contributed by atoms with Crippen LogP contribution in [0, 0.1) is 0 Å². The quantitative estimate of drug-likeness (QED) is 0.243. The predicted octanol–water partition coefficient (Wildman–Crippen LogP) is 1.66. The number of carbonyl (C=O) groups is 2. The van der Waals surface area contributed by atoms with E-state index in [-0.39, 0.29) is 19.1 Å². The molecule has 0 heterocycles. The SMILES string of the molecule is [N-]=[N+]=Nc1ccc(C(=O)NCCOCCOCCNC(=O)O)cc1. The van der Waals surface area contributed by atoms with Crippen LogP contribution in [0.15, 0.2) is 29.4 Å². The second kappa shape index (κ2) is 11.7. The van der Waals surface area contributed by atoms with E-state index in [1.54, 1.807) is 24.3 Å². The number of nitrogens with one attached hydrogen (secondary N) is 2. The monoisotopic (exact) mass is 337 g/mol. The van der Waals surface area contributed by atoms with Gasteiger partial charge in [0.2, 0.25) is 0 Å². The fourth-order valence-corrected chi connectivity index (χ4v) is 1.62. The van der Waals surface area contributed by atoms with E-state index in [0.717, 1.165) is 0 Å². The second-order valence-electron chi connectivity index (χ2n) is 4.45. The van der Waals surface area contributed by atoms with Crippen molar-refractivity contribution in [2.45, 2.75) is 0 Å². The van der Waals surface area contributed by atoms with Crippen LogP contribution < -0.4 is 10.6 Å². The number of hydrogen-bond donors (Lipinski definition) is 3. The maximum Gasteiger partial charge on any atom is 0.404 e. The van der Waals surface area contributed by atoms with E-state index in [1.165, 1.54) is 0 Å². The van der Waals surface area contributed by atoms with Crippen LogP contribution in [0.5, 0.6) is 0 Å². The van der Waals surface area contributed by atoms with Crippen molar-refractivity contribution in [2.75, 3.05) is 39.5 Å². The number of carbonyl (C=O) groups excluding carboxylic acids is 1. The highest BCUT2D eigenvalue weighted by Crippen LogP contribution is 2.12. The Morgan fingerprint density at radius 2 is 1.62 bits per heavy atom. The van der Waals surface area contributed by atoms with Gasteiger partial charge in [-0.2, -0.15) is 0 Å². The smallest absolute Gasteiger partial charge is 0.404 e. The number of benzene rings is 1. The van der Waals surface area contributed by atoms with Crippen molar-refractivity contribution in [3.05, 3.63) is 40.3 Å². The number of amides is 2. The van der Waals surface area contributed by atoms with Crippen LogP contribution in [-0.4, -0.2) is 56.6 Å². The van der Waals surface area contributed by atoms with E-state index >= 15 is 0 Å². The largest absolute Gasteiger partial charge is 0.465 e. The summed E-state index contributed by atoms with van der Waals surface area (Å²) in [6.45, 7) is 1.87. The van der Waals surface area contributed by atoms with Gasteiger partial charge in [-0.1, -0.05) is 17.2 Å². The van der Waals surface area contributed by atoms with Gasteiger partial charge in [0, 0.05) is 29.3 Å². The zero-order valence-electron chi connectivity index (χ0n) is 13.0. The van der Waals surface area contributed by atoms with Crippen molar-refractivity contribution < 1.29 is 24.2 Å². The molecule has 0 bridgehead atoms. The van der Waals surface area contributed by atoms with Crippen molar-refractivity contribution in [2.24, 2.45) is 5.11 Å². The van der Waals surface area contributed by atoms with Crippen LogP contribution in [0.4, 0.5) is 10.5 Å². The van der Waals surface area contributed by atoms with Crippen LogP contribution in [-0.2, 0) is 9.47 Å². The standard InChI is InChI=1S/C14H19N5O5/c15-19-18-12-3-1-11(2-4-12)13(20)16-5-7-23-9-10-24-8-6-17-14(21)22/h1-4,17H,5-10H2,(H,16,20)(H,21,22). The first-order valence-corrected chi connectivity index (χ1v) is 7.19. The molecule has 0 fully saturated rings. The van der Waals surface area contributed by atoms with Gasteiger partial charge in [-0.3, -0.25) is 4.79 Å². The maximum absolute atomic E-state index is 11.8. The van der Waals surface area contributed by atoms with Gasteiger partial charge in [-0.05, 0) is 17.7 Å². The molecule has 0 aliphatic carbocycles. The van der Waals surface area contributed by atoms with Crippen LogP contribution in [0.3, 0.4) is 0 Å². The molecule has 0 aromatic heterocycles. The van der Waals surface area contributed by atoms with Crippen LogP contribution >= 0.6 is 0 Å². The molecule has 10 nitrogen and oxygen atoms in total. The Bertz CT molecular complexity index is 571. The van der Waals surface area contributed by atoms with Gasteiger partial charge < -0.3 is 25.2 Å². The van der Waals surface area contributed by atoms with E-state index in [2.05, 4.69) is 20.7 Å². The molecule has 1 aromatic carbocycles. The Kier molecular flexibility index (Phi) is 9.39. The molecule has 0 spiro atoms. The van der Waals surface area contributed by atoms with Crippen molar-refractivity contribution in [3.63, 3.8) is 0 Å². The molecule has 0 atom stereocenters. The summed E-state index contributed by atoms with van der Waals surface area (Å²) in [6.07, 6.45) is -1.09. The van der Waals surface area contributed by atoms with Crippen molar-refractivity contribution >= 4 is 17.7 Å². The molecule has 1 aromatic rings. The number of carboxylic acid groups (broad SMARTS) is 1. The highest BCUT2D eigenvalue weighted by molar-refractivity contribution is 5.94. The topological polar surface area (TPSA) is 146 Å². The molecule has 0 aliphatic rings. The van der Waals surface area contributed by atoms with E-state index in [9.17, 15) is 9.59 Å². The normalized spacial score (nSPS) is 9.83. The molecule has 3 N–H and O–H groups in total. The van der Waals surface area contributed by atoms with Crippen LogP contribution in [0.2, 0.25) is 0 Å². The predicted molar refractivity (Wildman–Crippen MR) is 85.2 cm³/mol. The van der Waals surface area contributed by atoms with Crippen LogP contribution in [0.1, 0.15) is 10.4 Å². The number of rotatable bonds is 11. The Morgan fingerprint density at radius 3 is 2.17 bits per heavy atom. The number of nitrogens with zero attached hydrogens (tertiary/aromatic N) is 3. The minimum Gasteiger partial charge on any atom is -0.465 e. The molecule has 2 amide bonds. The minimum absolute atomic E-state index is 0.226. The highest BCUT2D eigenvalue weighted by Gasteiger charge is 2.04. The summed E-state index contributed by atoms with van der Waals surface area (Å²) in [5.74, 6) is -0.248. The molecular formula is C14H19N5O5. The fourth-order valence-electron chi connectivity index (χ4n) is 1.62. The second-order valence-corrected chi connectivity index (χ2v) is 4.45. The number of azide groups is 1. The Balaban J connectivity index is 2.05. The third-order valence-corrected chi connectivity index (χ3v) is 2.72. The van der Waals surface area contributed by atoms with Gasteiger partial charge >= 0.3 is 6.09 Å². The van der Waals surface area contributed by atoms with E-state index in [0.29, 0.717) is 37.6 Å². The van der Waals surface area contributed by atoms with Gasteiger partial charge in [0.25, 0.3) is 5.91 Å². The van der Waals surface area contributed by atoms with Crippen LogP contribution in [0.25, 0.3) is 10.4 Å². The van der Waals surface area contributed by atoms with E-state index in [1.807, 2.05) is 0 Å². The molecular weight excluding hydrogens is 318 g/mol. The zero-order valence-corrected chi connectivity index (χ0v) is 13.0. The lowest BCUT2D eigenvalue weighted by molar-refractivity contribution is 0.0493. The van der Waals surface area contributed by atoms with Gasteiger partial charge in [0.15, 0.2) is 0 Å². The molecule has 10 heteroatoms. The van der Waals surface area contributed by atoms with E-state index < -0.39 is 6.09 Å². The maximum atomic E-state index is 11.8. The molecule has 1 rings (SSSR count). The molecule has 0 radical (unpaired) electrons. The lowest BCUT2D eigenvalue weighted by Gasteiger charge is -2.07. The average Bonchev–Trinajstić information content (AvgIpc) is 2.57. The number of ether oxygens (including phenoxy) is 2. The third-order valence-electron chi connectivity index (χ3n) is 2.72. The summed E-state index contributed by atoms with van der Waals surface area (Å²) in [4.78, 5) is 24.6. The Labute approximate surface area is 138 Å². The van der Waals surface area contributed by atoms with Crippen molar-refractivity contribution in [1.29, 1.82) is 0 Å². The Hall–Kier alpha value is -2.81. The van der Waals surface area contributed by atoms with Gasteiger partial charge in [-0.15, -0.1) is 0 Å². The van der Waals surface area contributed by atoms with Crippen molar-refractivity contribution in [3.8, 4) is 0 Å². The summed E-state index contributed by atoms with van der Waals surface area (Å²) in [5, 5.41) is 16.6. The fraction of sp³-hybridized carbons (Fsp3) is 0.429. The molecule has 0 saturated heterocycles. The molecule has 0 saturated carbocycles. The lowest BCUT2D eigenvalue weighted by Crippen LogP contribution is -2.28. The molecule has 0 unspecified atom stereocenters. The average molecular weight is 337 g/mol. The lowest BCUT2D eigenvalue weighted by atomic mass is 10.2. The summed E-state index contributed by atoms with van der Waals surface area (Å²) < 4.78 is 10.4. The Morgan fingerprint density at radius 1 is 1.04 bits per heavy atom. The molecule has 130 valence electrons. The van der Waals surface area contributed by atoms with Gasteiger partial charge in [0.05, 0.1) is 26.4 Å². The molecule has 0 aliphatic heterocycles. The highest BCUT2D eigenvalue weighted by atomic mass is 16.5. The summed E-state index contributed by atoms with van der Waals surface area (Å²) in [7, 11) is 0. The summed E-state index contributed by atoms with van der Waals surface area (Å²) in [5.41, 5.74) is 9.20. The first kappa shape index (κ1) is 19.2. The zero-order chi connectivity index (χ0) is 17.6. The van der Waals surface area contributed by atoms with E-state index in [4.69, 9.17) is 20.1 Å². The summed E-state index contributed by atoms with van der Waals surface area (Å²) >= 11 is 0.